The summed E-state index contributed by atoms with van der Waals surface area (Å²) in [7, 11) is 0. The minimum absolute atomic E-state index is 0.0876. The summed E-state index contributed by atoms with van der Waals surface area (Å²) in [6.45, 7) is 5.92. The van der Waals surface area contributed by atoms with Crippen LogP contribution < -0.4 is 4.90 Å². The normalized spacial score (nSPS) is 16.3. The summed E-state index contributed by atoms with van der Waals surface area (Å²) in [6.07, 6.45) is 3.20. The van der Waals surface area contributed by atoms with Crippen LogP contribution in [-0.4, -0.2) is 22.6 Å². The molecule has 0 bridgehead atoms. The number of rotatable bonds is 6. The van der Waals surface area contributed by atoms with E-state index in [-0.39, 0.29) is 10.6 Å². The molecule has 0 saturated heterocycles. The summed E-state index contributed by atoms with van der Waals surface area (Å²) >= 11 is 1.30. The van der Waals surface area contributed by atoms with E-state index < -0.39 is 6.10 Å². The molecule has 1 aromatic heterocycles. The summed E-state index contributed by atoms with van der Waals surface area (Å²) < 4.78 is 0. The summed E-state index contributed by atoms with van der Waals surface area (Å²) in [5, 5.41) is 21.3. The number of aliphatic hydroxyl groups excluding tert-OH is 1. The summed E-state index contributed by atoms with van der Waals surface area (Å²) in [5.41, 5.74) is 0.0876. The minimum Gasteiger partial charge on any atom is -0.388 e. The number of anilines is 1. The molecule has 1 fully saturated rings. The highest BCUT2D eigenvalue weighted by Crippen LogP contribution is 2.44. The van der Waals surface area contributed by atoms with Crippen molar-refractivity contribution in [3.05, 3.63) is 33.7 Å². The van der Waals surface area contributed by atoms with Gasteiger partial charge in [0.05, 0.1) is 11.0 Å². The SMILES string of the molecule is C=CCN(c1sc(C(C)O)cc1[N+](=O)[O-])C1CC1. The van der Waals surface area contributed by atoms with Crippen LogP contribution in [0.3, 0.4) is 0 Å². The third kappa shape index (κ3) is 2.54. The molecule has 98 valence electrons. The van der Waals surface area contributed by atoms with Crippen molar-refractivity contribution in [2.45, 2.75) is 31.9 Å². The molecule has 1 atom stereocenters. The fraction of sp³-hybridized carbons (Fsp3) is 0.500. The van der Waals surface area contributed by atoms with Gasteiger partial charge in [0.2, 0.25) is 0 Å². The van der Waals surface area contributed by atoms with Crippen LogP contribution in [0.2, 0.25) is 0 Å². The Labute approximate surface area is 110 Å². The van der Waals surface area contributed by atoms with E-state index in [0.717, 1.165) is 12.8 Å². The Morgan fingerprint density at radius 2 is 2.44 bits per heavy atom. The van der Waals surface area contributed by atoms with Gasteiger partial charge in [0, 0.05) is 23.5 Å². The first-order chi connectivity index (χ1) is 8.54. The van der Waals surface area contributed by atoms with Crippen LogP contribution in [0.15, 0.2) is 18.7 Å². The molecule has 5 nitrogen and oxygen atoms in total. The molecule has 0 aliphatic heterocycles. The molecule has 0 aromatic carbocycles. The zero-order chi connectivity index (χ0) is 13.3. The fourth-order valence-electron chi connectivity index (χ4n) is 1.86. The third-order valence-corrected chi connectivity index (χ3v) is 4.23. The van der Waals surface area contributed by atoms with Crippen LogP contribution in [0, 0.1) is 10.1 Å². The predicted octanol–water partition coefficient (Wildman–Crippen LogP) is 2.86. The number of aliphatic hydroxyl groups is 1. The molecule has 1 unspecified atom stereocenters. The molecular weight excluding hydrogens is 252 g/mol. The van der Waals surface area contributed by atoms with Gasteiger partial charge < -0.3 is 10.0 Å². The molecular formula is C12H16N2O3S. The highest BCUT2D eigenvalue weighted by Gasteiger charge is 2.34. The monoisotopic (exact) mass is 268 g/mol. The molecule has 1 N–H and O–H groups in total. The second-order valence-corrected chi connectivity index (χ2v) is 5.51. The molecule has 6 heteroatoms. The maximum Gasteiger partial charge on any atom is 0.304 e. The second-order valence-electron chi connectivity index (χ2n) is 4.44. The highest BCUT2D eigenvalue weighted by atomic mass is 32.1. The zero-order valence-corrected chi connectivity index (χ0v) is 11.0. The van der Waals surface area contributed by atoms with Crippen LogP contribution in [0.25, 0.3) is 0 Å². The molecule has 1 aliphatic carbocycles. The molecule has 0 spiro atoms. The smallest absolute Gasteiger partial charge is 0.304 e. The van der Waals surface area contributed by atoms with Gasteiger partial charge in [-0.1, -0.05) is 6.08 Å². The number of thiophene rings is 1. The first-order valence-electron chi connectivity index (χ1n) is 5.88. The lowest BCUT2D eigenvalue weighted by atomic mass is 10.3. The third-order valence-electron chi connectivity index (χ3n) is 2.90. The standard InChI is InChI=1S/C12H16N2O3S/c1-3-6-13(9-4-5-9)12-10(14(16)17)7-11(18-12)8(2)15/h3,7-9,15H,1,4-6H2,2H3. The number of nitrogens with zero attached hydrogens (tertiary/aromatic N) is 2. The largest absolute Gasteiger partial charge is 0.388 e. The van der Waals surface area contributed by atoms with Gasteiger partial charge in [-0.05, 0) is 19.8 Å². The van der Waals surface area contributed by atoms with E-state index in [4.69, 9.17) is 0 Å². The zero-order valence-electron chi connectivity index (χ0n) is 10.2. The maximum atomic E-state index is 11.1. The lowest BCUT2D eigenvalue weighted by Crippen LogP contribution is -2.25. The van der Waals surface area contributed by atoms with E-state index in [1.165, 1.54) is 17.4 Å². The Bertz CT molecular complexity index is 466. The Morgan fingerprint density at radius 1 is 1.78 bits per heavy atom. The van der Waals surface area contributed by atoms with Crippen molar-refractivity contribution >= 4 is 22.0 Å². The van der Waals surface area contributed by atoms with E-state index in [2.05, 4.69) is 6.58 Å². The van der Waals surface area contributed by atoms with Gasteiger partial charge in [0.25, 0.3) is 0 Å². The van der Waals surface area contributed by atoms with Crippen molar-refractivity contribution in [1.29, 1.82) is 0 Å². The van der Waals surface area contributed by atoms with Crippen molar-refractivity contribution in [1.82, 2.24) is 0 Å². The Kier molecular flexibility index (Phi) is 3.68. The quantitative estimate of drug-likeness (QED) is 0.489. The van der Waals surface area contributed by atoms with E-state index in [9.17, 15) is 15.2 Å². The topological polar surface area (TPSA) is 66.6 Å². The molecule has 1 aromatic rings. The number of nitro groups is 1. The highest BCUT2D eigenvalue weighted by molar-refractivity contribution is 7.16. The van der Waals surface area contributed by atoms with E-state index in [1.54, 1.807) is 13.0 Å². The maximum absolute atomic E-state index is 11.1. The van der Waals surface area contributed by atoms with Gasteiger partial charge in [-0.15, -0.1) is 17.9 Å². The van der Waals surface area contributed by atoms with Gasteiger partial charge in [-0.3, -0.25) is 10.1 Å². The molecule has 1 aliphatic rings. The van der Waals surface area contributed by atoms with Gasteiger partial charge in [0.15, 0.2) is 5.00 Å². The van der Waals surface area contributed by atoms with Crippen LogP contribution >= 0.6 is 11.3 Å². The summed E-state index contributed by atoms with van der Waals surface area (Å²) in [5.74, 6) is 0. The van der Waals surface area contributed by atoms with E-state index in [0.29, 0.717) is 22.5 Å². The molecule has 0 radical (unpaired) electrons. The fourth-order valence-corrected chi connectivity index (χ4v) is 3.00. The van der Waals surface area contributed by atoms with Crippen LogP contribution in [0.5, 0.6) is 0 Å². The first-order valence-corrected chi connectivity index (χ1v) is 6.70. The Balaban J connectivity index is 2.39. The second kappa shape index (κ2) is 5.07. The van der Waals surface area contributed by atoms with Crippen molar-refractivity contribution in [3.63, 3.8) is 0 Å². The van der Waals surface area contributed by atoms with E-state index in [1.807, 2.05) is 4.90 Å². The van der Waals surface area contributed by atoms with Crippen molar-refractivity contribution in [3.8, 4) is 0 Å². The van der Waals surface area contributed by atoms with E-state index >= 15 is 0 Å². The molecule has 1 heterocycles. The van der Waals surface area contributed by atoms with Gasteiger partial charge in [0.1, 0.15) is 0 Å². The van der Waals surface area contributed by atoms with Crippen LogP contribution in [0.4, 0.5) is 10.7 Å². The minimum atomic E-state index is -0.674. The van der Waals surface area contributed by atoms with Gasteiger partial charge >= 0.3 is 5.69 Å². The van der Waals surface area contributed by atoms with Crippen molar-refractivity contribution in [2.24, 2.45) is 0 Å². The average molecular weight is 268 g/mol. The average Bonchev–Trinajstić information content (AvgIpc) is 3.03. The molecule has 2 rings (SSSR count). The molecule has 1 saturated carbocycles. The Hall–Kier alpha value is -1.40. The lowest BCUT2D eigenvalue weighted by molar-refractivity contribution is -0.383. The van der Waals surface area contributed by atoms with Crippen LogP contribution in [0.1, 0.15) is 30.7 Å². The van der Waals surface area contributed by atoms with Crippen molar-refractivity contribution in [2.75, 3.05) is 11.4 Å². The molecule has 0 amide bonds. The van der Waals surface area contributed by atoms with Gasteiger partial charge in [-0.2, -0.15) is 0 Å². The van der Waals surface area contributed by atoms with Crippen LogP contribution in [-0.2, 0) is 0 Å². The first kappa shape index (κ1) is 13.0. The predicted molar refractivity (Wildman–Crippen MR) is 72.2 cm³/mol. The number of hydrogen-bond donors (Lipinski definition) is 1. The molecule has 18 heavy (non-hydrogen) atoms. The summed E-state index contributed by atoms with van der Waals surface area (Å²) in [4.78, 5) is 13.4. The lowest BCUT2D eigenvalue weighted by Gasteiger charge is -2.20. The van der Waals surface area contributed by atoms with Gasteiger partial charge in [-0.25, -0.2) is 0 Å². The summed E-state index contributed by atoms with van der Waals surface area (Å²) in [6, 6.07) is 1.85. The Morgan fingerprint density at radius 3 is 2.89 bits per heavy atom. The van der Waals surface area contributed by atoms with Crippen molar-refractivity contribution < 1.29 is 10.0 Å². The number of hydrogen-bond acceptors (Lipinski definition) is 5.